The highest BCUT2D eigenvalue weighted by molar-refractivity contribution is 7.99. The molecule has 18 heavy (non-hydrogen) atoms. The van der Waals surface area contributed by atoms with E-state index >= 15 is 0 Å². The predicted octanol–water partition coefficient (Wildman–Crippen LogP) is 0.965. The third-order valence-electron chi connectivity index (χ3n) is 2.35. The zero-order valence-electron chi connectivity index (χ0n) is 10.8. The number of thioether (sulfide) groups is 1. The average molecular weight is 269 g/mol. The van der Waals surface area contributed by atoms with Gasteiger partial charge in [-0.3, -0.25) is 4.57 Å². The zero-order valence-corrected chi connectivity index (χ0v) is 11.6. The van der Waals surface area contributed by atoms with Gasteiger partial charge < -0.3 is 5.32 Å². The number of hydrogen-bond acceptors (Lipinski definition) is 5. The molecule has 0 fully saturated rings. The van der Waals surface area contributed by atoms with E-state index in [1.807, 2.05) is 6.92 Å². The maximum Gasteiger partial charge on any atom is 0.343 e. The summed E-state index contributed by atoms with van der Waals surface area (Å²) in [5, 5.41) is 19.2. The third kappa shape index (κ3) is 4.20. The summed E-state index contributed by atoms with van der Waals surface area (Å²) in [5.41, 5.74) is -0.186. The standard InChI is InChI=1S/C11H19N5OS/c1-3-5-13-9(7-12)8-18-11-15-14-10(17)16(11)6-4-2/h9,13H,3-6,8H2,1-2H3,(H,14,17). The average Bonchev–Trinajstić information content (AvgIpc) is 2.72. The number of nitrogens with zero attached hydrogens (tertiary/aromatic N) is 3. The van der Waals surface area contributed by atoms with Gasteiger partial charge in [0.2, 0.25) is 0 Å². The molecule has 0 radical (unpaired) electrons. The van der Waals surface area contributed by atoms with Gasteiger partial charge in [0.15, 0.2) is 5.16 Å². The van der Waals surface area contributed by atoms with Gasteiger partial charge in [-0.05, 0) is 19.4 Å². The van der Waals surface area contributed by atoms with Crippen molar-refractivity contribution in [3.63, 3.8) is 0 Å². The number of aromatic nitrogens is 3. The summed E-state index contributed by atoms with van der Waals surface area (Å²) in [7, 11) is 0. The van der Waals surface area contributed by atoms with Crippen molar-refractivity contribution in [3.8, 4) is 6.07 Å². The van der Waals surface area contributed by atoms with E-state index in [1.165, 1.54) is 11.8 Å². The molecule has 0 aromatic carbocycles. The summed E-state index contributed by atoms with van der Waals surface area (Å²) in [6.07, 6.45) is 1.87. The fourth-order valence-corrected chi connectivity index (χ4v) is 2.40. The Hall–Kier alpha value is -1.26. The smallest absolute Gasteiger partial charge is 0.301 e. The fourth-order valence-electron chi connectivity index (χ4n) is 1.45. The lowest BCUT2D eigenvalue weighted by Gasteiger charge is -2.09. The lowest BCUT2D eigenvalue weighted by atomic mass is 10.3. The topological polar surface area (TPSA) is 86.5 Å². The van der Waals surface area contributed by atoms with Gasteiger partial charge in [-0.2, -0.15) is 5.26 Å². The molecule has 0 aliphatic rings. The molecule has 100 valence electrons. The summed E-state index contributed by atoms with van der Waals surface area (Å²) >= 11 is 1.43. The van der Waals surface area contributed by atoms with E-state index in [9.17, 15) is 4.79 Å². The van der Waals surface area contributed by atoms with Gasteiger partial charge in [-0.1, -0.05) is 25.6 Å². The first-order valence-corrected chi connectivity index (χ1v) is 7.12. The van der Waals surface area contributed by atoms with Crippen molar-refractivity contribution in [3.05, 3.63) is 10.5 Å². The van der Waals surface area contributed by atoms with Crippen LogP contribution in [0.5, 0.6) is 0 Å². The Bertz CT molecular complexity index is 447. The summed E-state index contributed by atoms with van der Waals surface area (Å²) in [6.45, 7) is 5.54. The van der Waals surface area contributed by atoms with Gasteiger partial charge in [0.25, 0.3) is 0 Å². The van der Waals surface area contributed by atoms with Crippen LogP contribution in [0.25, 0.3) is 0 Å². The Balaban J connectivity index is 2.57. The molecule has 1 unspecified atom stereocenters. The molecule has 0 amide bonds. The van der Waals surface area contributed by atoms with Gasteiger partial charge in [0.05, 0.1) is 6.07 Å². The molecule has 0 saturated carbocycles. The monoisotopic (exact) mass is 269 g/mol. The van der Waals surface area contributed by atoms with Crippen LogP contribution in [0, 0.1) is 11.3 Å². The van der Waals surface area contributed by atoms with E-state index in [1.54, 1.807) is 4.57 Å². The summed E-state index contributed by atoms with van der Waals surface area (Å²) in [5.74, 6) is 0.588. The Kier molecular flexibility index (Phi) is 6.54. The van der Waals surface area contributed by atoms with Crippen LogP contribution in [-0.2, 0) is 6.54 Å². The highest BCUT2D eigenvalue weighted by Gasteiger charge is 2.12. The van der Waals surface area contributed by atoms with Crippen LogP contribution in [-0.4, -0.2) is 33.1 Å². The fraction of sp³-hybridized carbons (Fsp3) is 0.727. The summed E-state index contributed by atoms with van der Waals surface area (Å²) in [4.78, 5) is 11.5. The van der Waals surface area contributed by atoms with E-state index in [0.717, 1.165) is 19.4 Å². The zero-order chi connectivity index (χ0) is 13.4. The van der Waals surface area contributed by atoms with Gasteiger partial charge in [-0.15, -0.1) is 5.10 Å². The molecule has 0 spiro atoms. The first-order chi connectivity index (χ1) is 8.72. The molecule has 7 heteroatoms. The number of aromatic amines is 1. The minimum Gasteiger partial charge on any atom is -0.301 e. The van der Waals surface area contributed by atoms with Crippen LogP contribution in [0.1, 0.15) is 26.7 Å². The molecule has 1 heterocycles. The van der Waals surface area contributed by atoms with Crippen molar-refractivity contribution < 1.29 is 0 Å². The van der Waals surface area contributed by atoms with Crippen LogP contribution >= 0.6 is 11.8 Å². The van der Waals surface area contributed by atoms with Crippen molar-refractivity contribution in [2.45, 2.75) is 44.4 Å². The summed E-state index contributed by atoms with van der Waals surface area (Å²) < 4.78 is 1.61. The normalized spacial score (nSPS) is 12.3. The molecule has 0 aliphatic carbocycles. The first kappa shape index (κ1) is 14.8. The molecule has 1 atom stereocenters. The van der Waals surface area contributed by atoms with Gasteiger partial charge in [0, 0.05) is 12.3 Å². The van der Waals surface area contributed by atoms with Crippen LogP contribution in [0.4, 0.5) is 0 Å². The molecule has 1 aromatic heterocycles. The van der Waals surface area contributed by atoms with E-state index in [0.29, 0.717) is 17.5 Å². The van der Waals surface area contributed by atoms with Crippen LogP contribution in [0.3, 0.4) is 0 Å². The minimum atomic E-state index is -0.211. The first-order valence-electron chi connectivity index (χ1n) is 6.13. The van der Waals surface area contributed by atoms with Gasteiger partial charge >= 0.3 is 5.69 Å². The highest BCUT2D eigenvalue weighted by atomic mass is 32.2. The van der Waals surface area contributed by atoms with E-state index in [2.05, 4.69) is 28.5 Å². The number of rotatable bonds is 8. The Morgan fingerprint density at radius 3 is 2.94 bits per heavy atom. The molecule has 0 bridgehead atoms. The Morgan fingerprint density at radius 1 is 1.56 bits per heavy atom. The number of nitrogens with one attached hydrogen (secondary N) is 2. The Labute approximate surface area is 111 Å². The predicted molar refractivity (Wildman–Crippen MR) is 71.6 cm³/mol. The molecule has 6 nitrogen and oxygen atoms in total. The van der Waals surface area contributed by atoms with E-state index in [4.69, 9.17) is 5.26 Å². The van der Waals surface area contributed by atoms with Gasteiger partial charge in [-0.25, -0.2) is 9.89 Å². The Morgan fingerprint density at radius 2 is 2.33 bits per heavy atom. The maximum atomic E-state index is 11.5. The number of nitriles is 1. The van der Waals surface area contributed by atoms with Crippen molar-refractivity contribution in [1.82, 2.24) is 20.1 Å². The molecule has 1 rings (SSSR count). The van der Waals surface area contributed by atoms with Crippen LogP contribution in [0.2, 0.25) is 0 Å². The van der Waals surface area contributed by atoms with E-state index in [-0.39, 0.29) is 11.7 Å². The van der Waals surface area contributed by atoms with Crippen molar-refractivity contribution in [1.29, 1.82) is 5.26 Å². The van der Waals surface area contributed by atoms with E-state index < -0.39 is 0 Å². The summed E-state index contributed by atoms with van der Waals surface area (Å²) in [6, 6.07) is 2.00. The lowest BCUT2D eigenvalue weighted by Crippen LogP contribution is -2.30. The second-order valence-corrected chi connectivity index (χ2v) is 4.90. The molecule has 1 aromatic rings. The minimum absolute atomic E-state index is 0.186. The van der Waals surface area contributed by atoms with Crippen LogP contribution in [0.15, 0.2) is 9.95 Å². The third-order valence-corrected chi connectivity index (χ3v) is 3.42. The van der Waals surface area contributed by atoms with Crippen molar-refractivity contribution >= 4 is 11.8 Å². The second kappa shape index (κ2) is 7.95. The molecule has 0 saturated heterocycles. The SMILES string of the molecule is CCCNC(C#N)CSc1n[nH]c(=O)n1CCC. The largest absolute Gasteiger partial charge is 0.343 e. The lowest BCUT2D eigenvalue weighted by molar-refractivity contribution is 0.601. The quantitative estimate of drug-likeness (QED) is 0.687. The molecular weight excluding hydrogens is 250 g/mol. The molecular formula is C11H19N5OS. The van der Waals surface area contributed by atoms with Crippen molar-refractivity contribution in [2.24, 2.45) is 0 Å². The van der Waals surface area contributed by atoms with Crippen LogP contribution < -0.4 is 11.0 Å². The molecule has 2 N–H and O–H groups in total. The molecule has 0 aliphatic heterocycles. The maximum absolute atomic E-state index is 11.5. The highest BCUT2D eigenvalue weighted by Crippen LogP contribution is 2.14. The second-order valence-electron chi connectivity index (χ2n) is 3.91. The van der Waals surface area contributed by atoms with Crippen molar-refractivity contribution in [2.75, 3.05) is 12.3 Å². The van der Waals surface area contributed by atoms with Gasteiger partial charge in [0.1, 0.15) is 6.04 Å². The number of hydrogen-bond donors (Lipinski definition) is 2. The number of H-pyrrole nitrogens is 1.